The molecule has 2 unspecified atom stereocenters. The van der Waals surface area contributed by atoms with Gasteiger partial charge in [-0.15, -0.1) is 0 Å². The van der Waals surface area contributed by atoms with Gasteiger partial charge in [0.05, 0.1) is 0 Å². The molecule has 0 aromatic heterocycles. The molecule has 0 heterocycles. The molecule has 0 aromatic rings. The van der Waals surface area contributed by atoms with E-state index in [4.69, 9.17) is 5.73 Å². The van der Waals surface area contributed by atoms with Crippen LogP contribution in [-0.4, -0.2) is 29.6 Å². The highest BCUT2D eigenvalue weighted by atomic mass is 15.2. The highest BCUT2D eigenvalue weighted by molar-refractivity contribution is 4.89. The van der Waals surface area contributed by atoms with Crippen LogP contribution >= 0.6 is 0 Å². The van der Waals surface area contributed by atoms with E-state index in [2.05, 4.69) is 32.6 Å². The second-order valence-electron chi connectivity index (χ2n) is 5.35. The van der Waals surface area contributed by atoms with Gasteiger partial charge in [-0.05, 0) is 32.6 Å². The quantitative estimate of drug-likeness (QED) is 0.750. The second kappa shape index (κ2) is 5.13. The van der Waals surface area contributed by atoms with Gasteiger partial charge < -0.3 is 5.73 Å². The van der Waals surface area contributed by atoms with Crippen molar-refractivity contribution in [1.29, 1.82) is 0 Å². The number of nitrogens with zero attached hydrogens (tertiary/aromatic N) is 1. The molecule has 1 fully saturated rings. The minimum atomic E-state index is 0.413. The van der Waals surface area contributed by atoms with E-state index < -0.39 is 0 Å². The average molecular weight is 198 g/mol. The first-order valence-electron chi connectivity index (χ1n) is 6.03. The molecule has 0 bridgehead atoms. The summed E-state index contributed by atoms with van der Waals surface area (Å²) in [5.41, 5.74) is 6.15. The van der Waals surface area contributed by atoms with Gasteiger partial charge in [0.1, 0.15) is 0 Å². The van der Waals surface area contributed by atoms with Crippen molar-refractivity contribution in [1.82, 2.24) is 4.90 Å². The first-order chi connectivity index (χ1) is 6.52. The van der Waals surface area contributed by atoms with E-state index in [1.54, 1.807) is 0 Å². The van der Waals surface area contributed by atoms with Crippen LogP contribution in [0.3, 0.4) is 0 Å². The lowest BCUT2D eigenvalue weighted by atomic mass is 10.1. The topological polar surface area (TPSA) is 29.3 Å². The first-order valence-corrected chi connectivity index (χ1v) is 6.03. The van der Waals surface area contributed by atoms with Gasteiger partial charge in [-0.25, -0.2) is 0 Å². The van der Waals surface area contributed by atoms with Gasteiger partial charge in [-0.1, -0.05) is 20.3 Å². The zero-order valence-corrected chi connectivity index (χ0v) is 10.2. The third-order valence-corrected chi connectivity index (χ3v) is 3.20. The summed E-state index contributed by atoms with van der Waals surface area (Å²) in [4.78, 5) is 2.60. The van der Waals surface area contributed by atoms with Crippen molar-refractivity contribution in [2.75, 3.05) is 6.54 Å². The summed E-state index contributed by atoms with van der Waals surface area (Å²) in [6.07, 6.45) is 3.82. The molecule has 2 atom stereocenters. The number of hydrogen-bond acceptors (Lipinski definition) is 2. The van der Waals surface area contributed by atoms with E-state index in [0.717, 1.165) is 5.92 Å². The van der Waals surface area contributed by atoms with Crippen LogP contribution in [-0.2, 0) is 0 Å². The molecule has 0 amide bonds. The largest absolute Gasteiger partial charge is 0.326 e. The molecule has 0 aliphatic heterocycles. The minimum Gasteiger partial charge on any atom is -0.326 e. The van der Waals surface area contributed by atoms with Gasteiger partial charge in [-0.3, -0.25) is 4.90 Å². The Hall–Kier alpha value is -0.0800. The molecule has 0 radical (unpaired) electrons. The van der Waals surface area contributed by atoms with Crippen molar-refractivity contribution in [2.45, 2.75) is 65.1 Å². The Morgan fingerprint density at radius 3 is 2.21 bits per heavy atom. The van der Waals surface area contributed by atoms with Crippen LogP contribution in [0.25, 0.3) is 0 Å². The Labute approximate surface area is 88.8 Å². The normalized spacial score (nSPS) is 28.3. The lowest BCUT2D eigenvalue weighted by Crippen LogP contribution is -2.49. The summed E-state index contributed by atoms with van der Waals surface area (Å²) in [5, 5.41) is 0. The zero-order valence-electron chi connectivity index (χ0n) is 10.2. The summed E-state index contributed by atoms with van der Waals surface area (Å²) in [7, 11) is 0. The van der Waals surface area contributed by atoms with E-state index in [-0.39, 0.29) is 0 Å². The minimum absolute atomic E-state index is 0.413. The van der Waals surface area contributed by atoms with Crippen molar-refractivity contribution >= 4 is 0 Å². The van der Waals surface area contributed by atoms with Crippen molar-refractivity contribution < 1.29 is 0 Å². The van der Waals surface area contributed by atoms with Crippen LogP contribution < -0.4 is 5.73 Å². The smallest absolute Gasteiger partial charge is 0.0250 e. The van der Waals surface area contributed by atoms with Crippen molar-refractivity contribution in [3.05, 3.63) is 0 Å². The van der Waals surface area contributed by atoms with Gasteiger partial charge in [0, 0.05) is 24.7 Å². The predicted octanol–water partition coefficient (Wildman–Crippen LogP) is 2.23. The Kier molecular flexibility index (Phi) is 4.39. The van der Waals surface area contributed by atoms with E-state index in [0.29, 0.717) is 18.1 Å². The highest BCUT2D eigenvalue weighted by Gasteiger charge is 2.30. The fraction of sp³-hybridized carbons (Fsp3) is 1.00. The molecule has 1 rings (SSSR count). The van der Waals surface area contributed by atoms with Gasteiger partial charge in [0.2, 0.25) is 0 Å². The number of nitrogens with two attached hydrogens (primary N) is 1. The SMILES string of the molecule is CC(C)CN(C(C)C)C1CCCC1N. The maximum Gasteiger partial charge on any atom is 0.0250 e. The summed E-state index contributed by atoms with van der Waals surface area (Å²) < 4.78 is 0. The number of hydrogen-bond donors (Lipinski definition) is 1. The highest BCUT2D eigenvalue weighted by Crippen LogP contribution is 2.25. The summed E-state index contributed by atoms with van der Waals surface area (Å²) >= 11 is 0. The maximum absolute atomic E-state index is 6.15. The summed E-state index contributed by atoms with van der Waals surface area (Å²) in [6, 6.07) is 1.68. The lowest BCUT2D eigenvalue weighted by molar-refractivity contribution is 0.127. The molecule has 1 saturated carbocycles. The Morgan fingerprint density at radius 1 is 1.21 bits per heavy atom. The van der Waals surface area contributed by atoms with Gasteiger partial charge in [0.25, 0.3) is 0 Å². The Balaban J connectivity index is 2.57. The number of rotatable bonds is 4. The standard InChI is InChI=1S/C12H26N2/c1-9(2)8-14(10(3)4)12-7-5-6-11(12)13/h9-12H,5-8,13H2,1-4H3. The first kappa shape index (κ1) is 12.0. The average Bonchev–Trinajstić information content (AvgIpc) is 2.46. The van der Waals surface area contributed by atoms with Gasteiger partial charge in [-0.2, -0.15) is 0 Å². The van der Waals surface area contributed by atoms with Crippen molar-refractivity contribution in [3.63, 3.8) is 0 Å². The van der Waals surface area contributed by atoms with E-state index in [9.17, 15) is 0 Å². The van der Waals surface area contributed by atoms with Crippen LogP contribution in [0.2, 0.25) is 0 Å². The molecule has 0 spiro atoms. The lowest BCUT2D eigenvalue weighted by Gasteiger charge is -2.36. The van der Waals surface area contributed by atoms with Crippen molar-refractivity contribution in [3.8, 4) is 0 Å². The fourth-order valence-electron chi connectivity index (χ4n) is 2.53. The Morgan fingerprint density at radius 2 is 1.86 bits per heavy atom. The molecule has 2 N–H and O–H groups in total. The molecular weight excluding hydrogens is 172 g/mol. The molecular formula is C12H26N2. The predicted molar refractivity (Wildman–Crippen MR) is 62.3 cm³/mol. The third-order valence-electron chi connectivity index (χ3n) is 3.20. The maximum atomic E-state index is 6.15. The molecule has 1 aliphatic rings. The molecule has 14 heavy (non-hydrogen) atoms. The van der Waals surface area contributed by atoms with E-state index in [1.807, 2.05) is 0 Å². The fourth-order valence-corrected chi connectivity index (χ4v) is 2.53. The molecule has 84 valence electrons. The van der Waals surface area contributed by atoms with Crippen molar-refractivity contribution in [2.24, 2.45) is 11.7 Å². The summed E-state index contributed by atoms with van der Waals surface area (Å²) in [5.74, 6) is 0.741. The van der Waals surface area contributed by atoms with Crippen LogP contribution in [0.4, 0.5) is 0 Å². The third kappa shape index (κ3) is 2.96. The molecule has 0 saturated heterocycles. The molecule has 0 aromatic carbocycles. The monoisotopic (exact) mass is 198 g/mol. The van der Waals surface area contributed by atoms with E-state index in [1.165, 1.54) is 25.8 Å². The summed E-state index contributed by atoms with van der Waals surface area (Å²) in [6.45, 7) is 10.3. The van der Waals surface area contributed by atoms with Crippen LogP contribution in [0.1, 0.15) is 47.0 Å². The van der Waals surface area contributed by atoms with Gasteiger partial charge >= 0.3 is 0 Å². The van der Waals surface area contributed by atoms with Crippen LogP contribution in [0.5, 0.6) is 0 Å². The zero-order chi connectivity index (χ0) is 10.7. The molecule has 2 nitrogen and oxygen atoms in total. The van der Waals surface area contributed by atoms with Crippen LogP contribution in [0, 0.1) is 5.92 Å². The van der Waals surface area contributed by atoms with Crippen LogP contribution in [0.15, 0.2) is 0 Å². The molecule has 1 aliphatic carbocycles. The Bertz CT molecular complexity index is 166. The van der Waals surface area contributed by atoms with Gasteiger partial charge in [0.15, 0.2) is 0 Å². The van der Waals surface area contributed by atoms with E-state index >= 15 is 0 Å². The second-order valence-corrected chi connectivity index (χ2v) is 5.35. The molecule has 2 heteroatoms.